The molecule has 1 aromatic heterocycles. The van der Waals surface area contributed by atoms with Gasteiger partial charge in [-0.05, 0) is 30.7 Å². The summed E-state index contributed by atoms with van der Waals surface area (Å²) in [6.07, 6.45) is 0. The lowest BCUT2D eigenvalue weighted by atomic mass is 10.1. The van der Waals surface area contributed by atoms with Crippen molar-refractivity contribution >= 4 is 10.9 Å². The van der Waals surface area contributed by atoms with Gasteiger partial charge in [0, 0.05) is 16.6 Å². The van der Waals surface area contributed by atoms with Gasteiger partial charge in [0.25, 0.3) is 0 Å². The zero-order valence-electron chi connectivity index (χ0n) is 16.7. The van der Waals surface area contributed by atoms with Crippen molar-refractivity contribution in [2.45, 2.75) is 20.1 Å². The lowest BCUT2D eigenvalue weighted by Crippen LogP contribution is -3.26. The number of benzene rings is 2. The summed E-state index contributed by atoms with van der Waals surface area (Å²) in [4.78, 5) is 19.7. The normalized spacial score (nSPS) is 19.6. The van der Waals surface area contributed by atoms with Crippen LogP contribution in [0.15, 0.2) is 53.3 Å². The van der Waals surface area contributed by atoms with Crippen molar-refractivity contribution in [2.24, 2.45) is 0 Å². The molecule has 0 atom stereocenters. The summed E-state index contributed by atoms with van der Waals surface area (Å²) >= 11 is 0. The lowest BCUT2D eigenvalue weighted by molar-refractivity contribution is -1.01. The number of piperazine rings is 1. The predicted octanol–water partition coefficient (Wildman–Crippen LogP) is 0.329. The molecule has 3 aromatic rings. The average Bonchev–Trinajstić information content (AvgIpc) is 2.72. The van der Waals surface area contributed by atoms with Crippen LogP contribution in [0.2, 0.25) is 0 Å². The van der Waals surface area contributed by atoms with Gasteiger partial charge in [0.15, 0.2) is 5.43 Å². The number of aromatic nitrogens is 1. The van der Waals surface area contributed by atoms with Crippen molar-refractivity contribution in [1.29, 1.82) is 0 Å². The molecule has 0 amide bonds. The molecule has 146 valence electrons. The number of pyridine rings is 1. The van der Waals surface area contributed by atoms with Crippen molar-refractivity contribution < 1.29 is 14.5 Å². The van der Waals surface area contributed by atoms with E-state index in [1.807, 2.05) is 55.5 Å². The Morgan fingerprint density at radius 2 is 1.79 bits per heavy atom. The highest BCUT2D eigenvalue weighted by atomic mass is 16.5. The van der Waals surface area contributed by atoms with E-state index in [1.165, 1.54) is 4.90 Å². The minimum absolute atomic E-state index is 0.134. The van der Waals surface area contributed by atoms with Gasteiger partial charge in [0.2, 0.25) is 0 Å². The smallest absolute Gasteiger partial charge is 0.198 e. The standard InChI is InChI=1S/C23H27N3O2/c1-17-21(15-26-12-10-25(2)11-13-26)23(27)20-14-19(8-9-22(20)24-17)28-16-18-6-4-3-5-7-18/h3-9,14H,10-13,15-16H2,1-2H3,(H,24,27)/p+2. The van der Waals surface area contributed by atoms with Crippen LogP contribution in [0.4, 0.5) is 0 Å². The first-order valence-electron chi connectivity index (χ1n) is 10.1. The third-order valence-electron chi connectivity index (χ3n) is 5.77. The minimum Gasteiger partial charge on any atom is -0.489 e. The first kappa shape index (κ1) is 18.7. The summed E-state index contributed by atoms with van der Waals surface area (Å²) in [7, 11) is 2.24. The highest BCUT2D eigenvalue weighted by molar-refractivity contribution is 5.81. The summed E-state index contributed by atoms with van der Waals surface area (Å²) in [5, 5.41) is 0.713. The quantitative estimate of drug-likeness (QED) is 0.598. The molecule has 0 saturated carbocycles. The molecule has 4 rings (SSSR count). The fourth-order valence-corrected chi connectivity index (χ4v) is 3.93. The molecule has 3 N–H and O–H groups in total. The van der Waals surface area contributed by atoms with Crippen LogP contribution in [0.1, 0.15) is 16.8 Å². The molecule has 1 aliphatic rings. The molecule has 28 heavy (non-hydrogen) atoms. The molecular formula is C23H29N3O2+2. The van der Waals surface area contributed by atoms with Gasteiger partial charge in [-0.25, -0.2) is 0 Å². The maximum Gasteiger partial charge on any atom is 0.198 e. The molecular weight excluding hydrogens is 350 g/mol. The third kappa shape index (κ3) is 4.11. The van der Waals surface area contributed by atoms with Crippen LogP contribution < -0.4 is 20.0 Å². The molecule has 2 aromatic carbocycles. The van der Waals surface area contributed by atoms with Crippen molar-refractivity contribution in [3.8, 4) is 5.75 Å². The number of quaternary nitrogens is 2. The molecule has 0 bridgehead atoms. The Balaban J connectivity index is 1.58. The average molecular weight is 380 g/mol. The number of nitrogens with one attached hydrogen (secondary N) is 3. The summed E-state index contributed by atoms with van der Waals surface area (Å²) in [6, 6.07) is 15.8. The number of aromatic amines is 1. The SMILES string of the molecule is Cc1[nH]c2ccc(OCc3ccccc3)cc2c(=O)c1C[NH+]1CC[NH+](C)CC1. The van der Waals surface area contributed by atoms with Crippen molar-refractivity contribution in [3.05, 3.63) is 75.6 Å². The lowest BCUT2D eigenvalue weighted by Gasteiger charge is -2.27. The first-order valence-corrected chi connectivity index (χ1v) is 10.1. The van der Waals surface area contributed by atoms with Gasteiger partial charge >= 0.3 is 0 Å². The zero-order valence-corrected chi connectivity index (χ0v) is 16.7. The number of hydrogen-bond acceptors (Lipinski definition) is 2. The van der Waals surface area contributed by atoms with Crippen LogP contribution in [0.25, 0.3) is 10.9 Å². The molecule has 0 aliphatic carbocycles. The van der Waals surface area contributed by atoms with Crippen molar-refractivity contribution in [1.82, 2.24) is 4.98 Å². The molecule has 0 unspecified atom stereocenters. The highest BCUT2D eigenvalue weighted by Gasteiger charge is 2.22. The summed E-state index contributed by atoms with van der Waals surface area (Å²) in [5.41, 5.74) is 4.00. The topological polar surface area (TPSA) is 51.0 Å². The molecule has 2 heterocycles. The third-order valence-corrected chi connectivity index (χ3v) is 5.77. The second-order valence-electron chi connectivity index (χ2n) is 7.92. The number of aryl methyl sites for hydroxylation is 1. The van der Waals surface area contributed by atoms with Crippen LogP contribution in [0.5, 0.6) is 5.75 Å². The van der Waals surface area contributed by atoms with E-state index in [2.05, 4.69) is 12.0 Å². The predicted molar refractivity (Wildman–Crippen MR) is 111 cm³/mol. The Bertz CT molecular complexity index is 1010. The summed E-state index contributed by atoms with van der Waals surface area (Å²) in [6.45, 7) is 7.85. The largest absolute Gasteiger partial charge is 0.489 e. The second-order valence-corrected chi connectivity index (χ2v) is 7.92. The van der Waals surface area contributed by atoms with Gasteiger partial charge in [-0.2, -0.15) is 0 Å². The monoisotopic (exact) mass is 379 g/mol. The number of ether oxygens (including phenoxy) is 1. The van der Waals surface area contributed by atoms with E-state index in [0.29, 0.717) is 12.0 Å². The Hall–Kier alpha value is -2.63. The van der Waals surface area contributed by atoms with E-state index in [0.717, 1.165) is 60.8 Å². The molecule has 0 spiro atoms. The van der Waals surface area contributed by atoms with Gasteiger partial charge in [-0.15, -0.1) is 0 Å². The highest BCUT2D eigenvalue weighted by Crippen LogP contribution is 2.19. The van der Waals surface area contributed by atoms with E-state index >= 15 is 0 Å². The van der Waals surface area contributed by atoms with E-state index in [-0.39, 0.29) is 5.43 Å². The van der Waals surface area contributed by atoms with Crippen molar-refractivity contribution in [3.63, 3.8) is 0 Å². The number of hydrogen-bond donors (Lipinski definition) is 3. The Morgan fingerprint density at radius 3 is 2.54 bits per heavy atom. The number of rotatable bonds is 5. The number of H-pyrrole nitrogens is 1. The Morgan fingerprint density at radius 1 is 1.04 bits per heavy atom. The molecule has 1 saturated heterocycles. The van der Waals surface area contributed by atoms with Crippen LogP contribution in [0, 0.1) is 6.92 Å². The zero-order chi connectivity index (χ0) is 19.5. The van der Waals surface area contributed by atoms with Crippen LogP contribution in [-0.2, 0) is 13.2 Å². The summed E-state index contributed by atoms with van der Waals surface area (Å²) in [5.74, 6) is 0.729. The summed E-state index contributed by atoms with van der Waals surface area (Å²) < 4.78 is 5.93. The maximum atomic E-state index is 13.2. The fraction of sp³-hybridized carbons (Fsp3) is 0.348. The minimum atomic E-state index is 0.134. The van der Waals surface area contributed by atoms with Gasteiger partial charge < -0.3 is 19.5 Å². The molecule has 1 fully saturated rings. The maximum absolute atomic E-state index is 13.2. The van der Waals surface area contributed by atoms with E-state index < -0.39 is 0 Å². The van der Waals surface area contributed by atoms with Gasteiger partial charge in [0.1, 0.15) is 45.1 Å². The van der Waals surface area contributed by atoms with E-state index in [1.54, 1.807) is 4.90 Å². The second kappa shape index (κ2) is 8.17. The molecule has 5 nitrogen and oxygen atoms in total. The van der Waals surface area contributed by atoms with E-state index in [4.69, 9.17) is 4.74 Å². The number of fused-ring (bicyclic) bond motifs is 1. The van der Waals surface area contributed by atoms with Gasteiger partial charge in [-0.3, -0.25) is 4.79 Å². The molecule has 0 radical (unpaired) electrons. The Kier molecular flexibility index (Phi) is 5.46. The fourth-order valence-electron chi connectivity index (χ4n) is 3.93. The number of likely N-dealkylation sites (N-methyl/N-ethyl adjacent to an activating group) is 1. The van der Waals surface area contributed by atoms with Gasteiger partial charge in [0.05, 0.1) is 12.6 Å². The van der Waals surface area contributed by atoms with Crippen LogP contribution in [-0.4, -0.2) is 38.2 Å². The van der Waals surface area contributed by atoms with Gasteiger partial charge in [-0.1, -0.05) is 30.3 Å². The van der Waals surface area contributed by atoms with E-state index in [9.17, 15) is 4.79 Å². The first-order chi connectivity index (χ1) is 13.6. The molecule has 1 aliphatic heterocycles. The van der Waals surface area contributed by atoms with Crippen LogP contribution in [0.3, 0.4) is 0 Å². The van der Waals surface area contributed by atoms with Crippen LogP contribution >= 0.6 is 0 Å². The Labute approximate surface area is 165 Å². The van der Waals surface area contributed by atoms with Crippen molar-refractivity contribution in [2.75, 3.05) is 33.2 Å². The molecule has 5 heteroatoms.